The number of hydrogen-bond donors (Lipinski definition) is 0. The molecule has 0 aliphatic rings. The van der Waals surface area contributed by atoms with Gasteiger partial charge in [0.15, 0.2) is 5.75 Å². The van der Waals surface area contributed by atoms with E-state index >= 15 is 0 Å². The molecule has 0 aliphatic carbocycles. The Bertz CT molecular complexity index is 648. The average Bonchev–Trinajstić information content (AvgIpc) is 2.40. The van der Waals surface area contributed by atoms with Gasteiger partial charge in [-0.3, -0.25) is 4.79 Å². The van der Waals surface area contributed by atoms with Crippen molar-refractivity contribution in [3.63, 3.8) is 0 Å². The van der Waals surface area contributed by atoms with Crippen molar-refractivity contribution in [2.24, 2.45) is 0 Å². The number of esters is 1. The summed E-state index contributed by atoms with van der Waals surface area (Å²) in [6, 6.07) is 11.1. The second-order valence-electron chi connectivity index (χ2n) is 4.30. The number of aromatic nitrogens is 1. The third-order valence-corrected chi connectivity index (χ3v) is 2.88. The summed E-state index contributed by atoms with van der Waals surface area (Å²) >= 11 is 5.83. The zero-order valence-electron chi connectivity index (χ0n) is 11.3. The van der Waals surface area contributed by atoms with E-state index in [4.69, 9.17) is 16.3 Å². The number of ether oxygens (including phenoxy) is 1. The van der Waals surface area contributed by atoms with Crippen LogP contribution in [0.3, 0.4) is 0 Å². The van der Waals surface area contributed by atoms with Crippen LogP contribution >= 0.6 is 11.6 Å². The van der Waals surface area contributed by atoms with Gasteiger partial charge in [-0.2, -0.15) is 0 Å². The number of halogens is 1. The number of aryl methyl sites for hydroxylation is 1. The van der Waals surface area contributed by atoms with Crippen molar-refractivity contribution in [2.75, 3.05) is 0 Å². The van der Waals surface area contributed by atoms with E-state index in [1.165, 1.54) is 6.92 Å². The zero-order chi connectivity index (χ0) is 14.5. The first-order chi connectivity index (χ1) is 9.54. The van der Waals surface area contributed by atoms with E-state index in [1.807, 2.05) is 36.4 Å². The quantitative estimate of drug-likeness (QED) is 0.797. The van der Waals surface area contributed by atoms with Crippen LogP contribution in [-0.4, -0.2) is 11.0 Å². The van der Waals surface area contributed by atoms with E-state index in [2.05, 4.69) is 4.98 Å². The van der Waals surface area contributed by atoms with E-state index in [9.17, 15) is 4.79 Å². The molecule has 0 N–H and O–H groups in total. The number of nitrogens with zero attached hydrogens (tertiary/aromatic N) is 1. The van der Waals surface area contributed by atoms with Gasteiger partial charge in [-0.05, 0) is 42.8 Å². The fraction of sp³-hybridized carbons (Fsp3) is 0.125. The summed E-state index contributed by atoms with van der Waals surface area (Å²) in [6.45, 7) is 3.17. The van der Waals surface area contributed by atoms with Gasteiger partial charge in [0.05, 0.1) is 11.4 Å². The third kappa shape index (κ3) is 3.93. The van der Waals surface area contributed by atoms with Crippen LogP contribution in [0.4, 0.5) is 0 Å². The minimum atomic E-state index is -0.348. The Kier molecular flexibility index (Phi) is 4.53. The lowest BCUT2D eigenvalue weighted by molar-refractivity contribution is -0.131. The highest BCUT2D eigenvalue weighted by atomic mass is 35.5. The molecule has 1 heterocycles. The van der Waals surface area contributed by atoms with Crippen LogP contribution in [-0.2, 0) is 4.79 Å². The van der Waals surface area contributed by atoms with Gasteiger partial charge in [0, 0.05) is 11.9 Å². The summed E-state index contributed by atoms with van der Waals surface area (Å²) in [4.78, 5) is 15.3. The maximum absolute atomic E-state index is 10.9. The molecule has 20 heavy (non-hydrogen) atoms. The molecule has 3 nitrogen and oxygen atoms in total. The number of pyridine rings is 1. The molecule has 0 saturated heterocycles. The smallest absolute Gasteiger partial charge is 0.308 e. The predicted octanol–water partition coefficient (Wildman–Crippen LogP) is 4.14. The number of rotatable bonds is 3. The van der Waals surface area contributed by atoms with Crippen LogP contribution in [0.25, 0.3) is 12.2 Å². The topological polar surface area (TPSA) is 39.2 Å². The minimum Gasteiger partial charge on any atom is -0.425 e. The Morgan fingerprint density at radius 1 is 1.15 bits per heavy atom. The Hall–Kier alpha value is -2.13. The van der Waals surface area contributed by atoms with Crippen LogP contribution in [0.5, 0.6) is 5.75 Å². The molecule has 1 aromatic heterocycles. The monoisotopic (exact) mass is 287 g/mol. The summed E-state index contributed by atoms with van der Waals surface area (Å²) < 4.78 is 5.04. The van der Waals surface area contributed by atoms with E-state index in [0.29, 0.717) is 16.5 Å². The van der Waals surface area contributed by atoms with Crippen molar-refractivity contribution < 1.29 is 9.53 Å². The first kappa shape index (κ1) is 14.3. The number of hydrogen-bond acceptors (Lipinski definition) is 3. The second-order valence-corrected chi connectivity index (χ2v) is 4.73. The van der Waals surface area contributed by atoms with E-state index in [-0.39, 0.29) is 5.97 Å². The Labute approximate surface area is 122 Å². The van der Waals surface area contributed by atoms with Gasteiger partial charge in [0.25, 0.3) is 0 Å². The fourth-order valence-electron chi connectivity index (χ4n) is 1.68. The highest BCUT2D eigenvalue weighted by Gasteiger charge is 2.03. The summed E-state index contributed by atoms with van der Waals surface area (Å²) in [5.74, 6) is 0.139. The molecule has 0 saturated carbocycles. The highest BCUT2D eigenvalue weighted by molar-refractivity contribution is 6.30. The lowest BCUT2D eigenvalue weighted by Gasteiger charge is -2.04. The van der Waals surface area contributed by atoms with E-state index < -0.39 is 0 Å². The molecule has 0 fully saturated rings. The first-order valence-corrected chi connectivity index (χ1v) is 6.52. The van der Waals surface area contributed by atoms with Gasteiger partial charge < -0.3 is 4.74 Å². The number of carbonyl (C=O) groups excluding carboxylic acids is 1. The SMILES string of the molecule is CC(=O)Oc1ccc(/C=C/c2ccc(Cl)cc2)nc1C. The van der Waals surface area contributed by atoms with Crippen molar-refractivity contribution in [3.05, 3.63) is 58.4 Å². The minimum absolute atomic E-state index is 0.348. The lowest BCUT2D eigenvalue weighted by Crippen LogP contribution is -2.03. The largest absolute Gasteiger partial charge is 0.425 e. The summed E-state index contributed by atoms with van der Waals surface area (Å²) in [6.07, 6.45) is 3.84. The van der Waals surface area contributed by atoms with Gasteiger partial charge in [-0.15, -0.1) is 0 Å². The first-order valence-electron chi connectivity index (χ1n) is 6.14. The second kappa shape index (κ2) is 6.35. The summed E-state index contributed by atoms with van der Waals surface area (Å²) in [5, 5.41) is 0.710. The van der Waals surface area contributed by atoms with Gasteiger partial charge in [-0.1, -0.05) is 29.8 Å². The van der Waals surface area contributed by atoms with Crippen LogP contribution in [0.2, 0.25) is 5.02 Å². The number of carbonyl (C=O) groups is 1. The molecular formula is C16H14ClNO2. The molecule has 2 aromatic rings. The van der Waals surface area contributed by atoms with Crippen LogP contribution in [0.1, 0.15) is 23.9 Å². The fourth-order valence-corrected chi connectivity index (χ4v) is 1.80. The molecule has 4 heteroatoms. The summed E-state index contributed by atoms with van der Waals surface area (Å²) in [7, 11) is 0. The Morgan fingerprint density at radius 2 is 1.85 bits per heavy atom. The van der Waals surface area contributed by atoms with Crippen LogP contribution in [0, 0.1) is 6.92 Å². The average molecular weight is 288 g/mol. The maximum atomic E-state index is 10.9. The lowest BCUT2D eigenvalue weighted by atomic mass is 10.2. The van der Waals surface area contributed by atoms with Gasteiger partial charge in [-0.25, -0.2) is 4.98 Å². The van der Waals surface area contributed by atoms with E-state index in [0.717, 1.165) is 11.3 Å². The van der Waals surface area contributed by atoms with Crippen LogP contribution < -0.4 is 4.74 Å². The Morgan fingerprint density at radius 3 is 2.45 bits per heavy atom. The van der Waals surface area contributed by atoms with Gasteiger partial charge in [0.1, 0.15) is 0 Å². The summed E-state index contributed by atoms with van der Waals surface area (Å²) in [5.41, 5.74) is 2.52. The third-order valence-electron chi connectivity index (χ3n) is 2.63. The number of benzene rings is 1. The van der Waals surface area contributed by atoms with Crippen molar-refractivity contribution in [1.29, 1.82) is 0 Å². The zero-order valence-corrected chi connectivity index (χ0v) is 12.0. The molecule has 102 valence electrons. The van der Waals surface area contributed by atoms with Crippen molar-refractivity contribution >= 4 is 29.7 Å². The molecule has 0 bridgehead atoms. The maximum Gasteiger partial charge on any atom is 0.308 e. The van der Waals surface area contributed by atoms with E-state index in [1.54, 1.807) is 19.1 Å². The molecule has 1 aromatic carbocycles. The normalized spacial score (nSPS) is 10.8. The van der Waals surface area contributed by atoms with Gasteiger partial charge in [0.2, 0.25) is 0 Å². The standard InChI is InChI=1S/C16H14ClNO2/c1-11-16(20-12(2)19)10-9-15(18-11)8-5-13-3-6-14(17)7-4-13/h3-10H,1-2H3/b8-5+. The molecule has 0 spiro atoms. The molecule has 0 atom stereocenters. The van der Waals surface area contributed by atoms with Crippen LogP contribution in [0.15, 0.2) is 36.4 Å². The molecule has 2 rings (SSSR count). The van der Waals surface area contributed by atoms with Crippen molar-refractivity contribution in [2.45, 2.75) is 13.8 Å². The molecule has 0 unspecified atom stereocenters. The van der Waals surface area contributed by atoms with Crippen molar-refractivity contribution in [1.82, 2.24) is 4.98 Å². The van der Waals surface area contributed by atoms with Crippen molar-refractivity contribution in [3.8, 4) is 5.75 Å². The Balaban J connectivity index is 2.15. The molecule has 0 aliphatic heterocycles. The highest BCUT2D eigenvalue weighted by Crippen LogP contribution is 2.18. The molecule has 0 radical (unpaired) electrons. The molecule has 0 amide bonds. The molecular weight excluding hydrogens is 274 g/mol. The van der Waals surface area contributed by atoms with Gasteiger partial charge >= 0.3 is 5.97 Å². The predicted molar refractivity (Wildman–Crippen MR) is 80.7 cm³/mol.